The van der Waals surface area contributed by atoms with Gasteiger partial charge >= 0.3 is 5.97 Å². The average Bonchev–Trinajstić information content (AvgIpc) is 2.64. The van der Waals surface area contributed by atoms with E-state index in [9.17, 15) is 22.8 Å². The highest BCUT2D eigenvalue weighted by atomic mass is 32.2. The normalized spacial score (nSPS) is 11.1. The van der Waals surface area contributed by atoms with Gasteiger partial charge in [0.1, 0.15) is 6.54 Å². The summed E-state index contributed by atoms with van der Waals surface area (Å²) in [5, 5.41) is 4.63. The highest BCUT2D eigenvalue weighted by molar-refractivity contribution is 7.89. The summed E-state index contributed by atoms with van der Waals surface area (Å²) in [4.78, 5) is 34.5. The average molecular weight is 385 g/mol. The molecule has 2 amide bonds. The number of amides is 2. The van der Waals surface area contributed by atoms with Gasteiger partial charge in [-0.25, -0.2) is 8.42 Å². The zero-order valence-electron chi connectivity index (χ0n) is 14.9. The first-order valence-corrected chi connectivity index (χ1v) is 9.44. The molecule has 0 atom stereocenters. The Bertz CT molecular complexity index is 742. The minimum absolute atomic E-state index is 0.0859. The maximum atomic E-state index is 12.4. The fourth-order valence-electron chi connectivity index (χ4n) is 2.01. The third kappa shape index (κ3) is 5.81. The summed E-state index contributed by atoms with van der Waals surface area (Å²) in [5.74, 6) is -1.79. The molecule has 0 aliphatic heterocycles. The van der Waals surface area contributed by atoms with Gasteiger partial charge in [0.05, 0.1) is 4.90 Å². The van der Waals surface area contributed by atoms with E-state index >= 15 is 0 Å². The molecule has 0 aromatic heterocycles. The van der Waals surface area contributed by atoms with Crippen LogP contribution in [0.15, 0.2) is 29.2 Å². The summed E-state index contributed by atoms with van der Waals surface area (Å²) >= 11 is 0. The second-order valence-corrected chi connectivity index (χ2v) is 7.07. The van der Waals surface area contributed by atoms with Gasteiger partial charge in [0.15, 0.2) is 6.61 Å². The summed E-state index contributed by atoms with van der Waals surface area (Å²) in [6.07, 6.45) is 0. The third-order valence-electron chi connectivity index (χ3n) is 3.50. The van der Waals surface area contributed by atoms with E-state index in [-0.39, 0.29) is 10.5 Å². The van der Waals surface area contributed by atoms with Gasteiger partial charge in [0.2, 0.25) is 10.0 Å². The number of benzene rings is 1. The number of carbonyl (C=O) groups excluding carboxylic acids is 3. The van der Waals surface area contributed by atoms with Crippen molar-refractivity contribution < 1.29 is 27.5 Å². The molecule has 0 spiro atoms. The summed E-state index contributed by atoms with van der Waals surface area (Å²) in [6, 6.07) is 5.40. The molecule has 2 N–H and O–H groups in total. The van der Waals surface area contributed by atoms with E-state index in [1.807, 2.05) is 0 Å². The smallest absolute Gasteiger partial charge is 0.325 e. The lowest BCUT2D eigenvalue weighted by atomic mass is 10.2. The van der Waals surface area contributed by atoms with Crippen molar-refractivity contribution >= 4 is 27.8 Å². The molecule has 1 rings (SSSR count). The number of hydrogen-bond donors (Lipinski definition) is 2. The van der Waals surface area contributed by atoms with Gasteiger partial charge in [0, 0.05) is 25.7 Å². The van der Waals surface area contributed by atoms with Crippen molar-refractivity contribution in [2.24, 2.45) is 0 Å². The second kappa shape index (κ2) is 9.88. The van der Waals surface area contributed by atoms with Crippen molar-refractivity contribution in [1.29, 1.82) is 0 Å². The maximum Gasteiger partial charge on any atom is 0.325 e. The van der Waals surface area contributed by atoms with E-state index in [0.717, 1.165) is 0 Å². The maximum absolute atomic E-state index is 12.4. The van der Waals surface area contributed by atoms with Crippen LogP contribution in [-0.4, -0.2) is 63.8 Å². The molecule has 0 unspecified atom stereocenters. The van der Waals surface area contributed by atoms with Crippen LogP contribution in [0.5, 0.6) is 0 Å². The van der Waals surface area contributed by atoms with E-state index < -0.39 is 41.0 Å². The molecule has 10 heteroatoms. The molecule has 0 heterocycles. The number of hydrogen-bond acceptors (Lipinski definition) is 6. The van der Waals surface area contributed by atoms with Crippen LogP contribution in [0.2, 0.25) is 0 Å². The van der Waals surface area contributed by atoms with Crippen molar-refractivity contribution in [2.45, 2.75) is 18.7 Å². The van der Waals surface area contributed by atoms with Crippen LogP contribution in [0, 0.1) is 0 Å². The van der Waals surface area contributed by atoms with Gasteiger partial charge in [-0.2, -0.15) is 4.31 Å². The van der Waals surface area contributed by atoms with Crippen molar-refractivity contribution in [2.75, 3.05) is 33.3 Å². The molecule has 0 bridgehead atoms. The number of nitrogens with one attached hydrogen (secondary N) is 2. The number of sulfonamides is 1. The van der Waals surface area contributed by atoms with E-state index in [0.29, 0.717) is 13.1 Å². The number of ether oxygens (including phenoxy) is 1. The van der Waals surface area contributed by atoms with Crippen LogP contribution < -0.4 is 10.6 Å². The monoisotopic (exact) mass is 385 g/mol. The van der Waals surface area contributed by atoms with Crippen molar-refractivity contribution in [3.05, 3.63) is 29.8 Å². The summed E-state index contributed by atoms with van der Waals surface area (Å²) in [6.45, 7) is 3.34. The fraction of sp³-hybridized carbons (Fsp3) is 0.438. The Morgan fingerprint density at radius 3 is 2.15 bits per heavy atom. The van der Waals surface area contributed by atoms with Gasteiger partial charge in [-0.3, -0.25) is 14.4 Å². The summed E-state index contributed by atoms with van der Waals surface area (Å²) < 4.78 is 30.7. The lowest BCUT2D eigenvalue weighted by Crippen LogP contribution is -2.33. The van der Waals surface area contributed by atoms with Gasteiger partial charge in [-0.1, -0.05) is 13.8 Å². The number of carbonyl (C=O) groups is 3. The van der Waals surface area contributed by atoms with Crippen LogP contribution in [0.3, 0.4) is 0 Å². The molecule has 144 valence electrons. The summed E-state index contributed by atoms with van der Waals surface area (Å²) in [7, 11) is -2.19. The first-order valence-electron chi connectivity index (χ1n) is 8.00. The molecule has 0 aliphatic carbocycles. The molecule has 0 aliphatic rings. The molecule has 1 aromatic carbocycles. The first kappa shape index (κ1) is 21.6. The standard InChI is InChI=1S/C16H23N3O6S/c1-4-19(5-2)26(23,24)13-8-6-12(7-9-13)16(22)18-10-15(21)25-11-14(20)17-3/h6-9H,4-5,10-11H2,1-3H3,(H,17,20)(H,18,22). The van der Waals surface area contributed by atoms with E-state index in [4.69, 9.17) is 0 Å². The van der Waals surface area contributed by atoms with Crippen molar-refractivity contribution in [3.63, 3.8) is 0 Å². The SMILES string of the molecule is CCN(CC)S(=O)(=O)c1ccc(C(=O)NCC(=O)OCC(=O)NC)cc1. The largest absolute Gasteiger partial charge is 0.454 e. The molecule has 0 saturated carbocycles. The molecule has 0 fully saturated rings. The van der Waals surface area contributed by atoms with Crippen LogP contribution in [0.25, 0.3) is 0 Å². The van der Waals surface area contributed by atoms with Crippen LogP contribution in [0.1, 0.15) is 24.2 Å². The zero-order chi connectivity index (χ0) is 19.7. The third-order valence-corrected chi connectivity index (χ3v) is 5.56. The number of rotatable bonds is 9. The Balaban J connectivity index is 2.67. The van der Waals surface area contributed by atoms with E-state index in [1.54, 1.807) is 13.8 Å². The van der Waals surface area contributed by atoms with Gasteiger partial charge in [-0.15, -0.1) is 0 Å². The lowest BCUT2D eigenvalue weighted by molar-refractivity contribution is -0.147. The molecule has 0 radical (unpaired) electrons. The second-order valence-electron chi connectivity index (χ2n) is 5.13. The minimum Gasteiger partial charge on any atom is -0.454 e. The predicted molar refractivity (Wildman–Crippen MR) is 93.9 cm³/mol. The highest BCUT2D eigenvalue weighted by Gasteiger charge is 2.21. The number of esters is 1. The Morgan fingerprint density at radius 2 is 1.65 bits per heavy atom. The lowest BCUT2D eigenvalue weighted by Gasteiger charge is -2.18. The topological polar surface area (TPSA) is 122 Å². The fourth-order valence-corrected chi connectivity index (χ4v) is 3.47. The Hall–Kier alpha value is -2.46. The minimum atomic E-state index is -3.60. The Morgan fingerprint density at radius 1 is 1.08 bits per heavy atom. The van der Waals surface area contributed by atoms with Crippen LogP contribution in [0.4, 0.5) is 0 Å². The molecule has 9 nitrogen and oxygen atoms in total. The molecule has 0 saturated heterocycles. The van der Waals surface area contributed by atoms with Crippen molar-refractivity contribution in [3.8, 4) is 0 Å². The Labute approximate surface area is 152 Å². The van der Waals surface area contributed by atoms with Crippen molar-refractivity contribution in [1.82, 2.24) is 14.9 Å². The van der Waals surface area contributed by atoms with E-state index in [2.05, 4.69) is 15.4 Å². The first-order chi connectivity index (χ1) is 12.3. The van der Waals surface area contributed by atoms with Crippen LogP contribution >= 0.6 is 0 Å². The molecular formula is C16H23N3O6S. The molecule has 26 heavy (non-hydrogen) atoms. The predicted octanol–water partition coefficient (Wildman–Crippen LogP) is -0.264. The van der Waals surface area contributed by atoms with Gasteiger partial charge < -0.3 is 15.4 Å². The van der Waals surface area contributed by atoms with Crippen LogP contribution in [-0.2, 0) is 24.3 Å². The van der Waals surface area contributed by atoms with Gasteiger partial charge in [-0.05, 0) is 24.3 Å². The number of nitrogens with zero attached hydrogens (tertiary/aromatic N) is 1. The quantitative estimate of drug-likeness (QED) is 0.565. The highest BCUT2D eigenvalue weighted by Crippen LogP contribution is 2.16. The van der Waals surface area contributed by atoms with E-state index in [1.165, 1.54) is 35.6 Å². The zero-order valence-corrected chi connectivity index (χ0v) is 15.8. The summed E-state index contributed by atoms with van der Waals surface area (Å²) in [5.41, 5.74) is 0.197. The number of likely N-dealkylation sites (N-methyl/N-ethyl adjacent to an activating group) is 1. The van der Waals surface area contributed by atoms with Gasteiger partial charge in [0.25, 0.3) is 11.8 Å². The molecular weight excluding hydrogens is 362 g/mol. The molecule has 1 aromatic rings. The Kier molecular flexibility index (Phi) is 8.20.